The SMILES string of the molecule is CC/C=C/C=C/C=C/C=C/CCCCCCCC(=O)OC[C@H](COP(=O)([O-])OCC[N+](C)(C)C)OC(=O)CCCCCCCCCCCCC. The number of esters is 2. The average molecular weight is 726 g/mol. The molecular weight excluding hydrogens is 653 g/mol. The number of allylic oxidation sites excluding steroid dienone is 8. The van der Waals surface area contributed by atoms with Gasteiger partial charge >= 0.3 is 11.9 Å². The minimum atomic E-state index is -4.62. The summed E-state index contributed by atoms with van der Waals surface area (Å²) in [4.78, 5) is 37.3. The van der Waals surface area contributed by atoms with Gasteiger partial charge in [0.2, 0.25) is 0 Å². The van der Waals surface area contributed by atoms with Crippen LogP contribution in [0, 0.1) is 0 Å². The monoisotopic (exact) mass is 725 g/mol. The summed E-state index contributed by atoms with van der Waals surface area (Å²) >= 11 is 0. The maximum Gasteiger partial charge on any atom is 0.306 e. The molecule has 0 fully saturated rings. The molecule has 0 aromatic rings. The topological polar surface area (TPSA) is 111 Å². The minimum absolute atomic E-state index is 0.0359. The molecule has 0 aliphatic heterocycles. The summed E-state index contributed by atoms with van der Waals surface area (Å²) in [5.74, 6) is -0.866. The number of likely N-dealkylation sites (N-methyl/N-ethyl adjacent to an activating group) is 1. The number of rotatable bonds is 34. The maximum atomic E-state index is 12.6. The molecular formula is C40H72NO8P. The van der Waals surface area contributed by atoms with Gasteiger partial charge in [-0.2, -0.15) is 0 Å². The van der Waals surface area contributed by atoms with Crippen LogP contribution in [-0.2, 0) is 32.7 Å². The number of nitrogens with zero attached hydrogens (tertiary/aromatic N) is 1. The second-order valence-corrected chi connectivity index (χ2v) is 15.4. The Morgan fingerprint density at radius 1 is 0.640 bits per heavy atom. The Bertz CT molecular complexity index is 1000. The molecule has 9 nitrogen and oxygen atoms in total. The van der Waals surface area contributed by atoms with E-state index in [9.17, 15) is 19.0 Å². The molecule has 0 spiro atoms. The van der Waals surface area contributed by atoms with Crippen molar-refractivity contribution in [1.29, 1.82) is 0 Å². The highest BCUT2D eigenvalue weighted by atomic mass is 31.2. The van der Waals surface area contributed by atoms with Gasteiger partial charge in [0, 0.05) is 12.8 Å². The molecule has 0 heterocycles. The summed E-state index contributed by atoms with van der Waals surface area (Å²) in [7, 11) is 1.14. The van der Waals surface area contributed by atoms with Gasteiger partial charge in [-0.1, -0.05) is 146 Å². The smallest absolute Gasteiger partial charge is 0.306 e. The molecule has 0 amide bonds. The predicted octanol–water partition coefficient (Wildman–Crippen LogP) is 9.72. The maximum absolute atomic E-state index is 12.6. The van der Waals surface area contributed by atoms with Crippen LogP contribution in [0.4, 0.5) is 0 Å². The van der Waals surface area contributed by atoms with Crippen molar-refractivity contribution in [2.45, 2.75) is 148 Å². The Balaban J connectivity index is 4.47. The Hall–Kier alpha value is -2.03. The number of phosphoric acid groups is 1. The fraction of sp³-hybridized carbons (Fsp3) is 0.750. The van der Waals surface area contributed by atoms with E-state index < -0.39 is 32.5 Å². The zero-order valence-electron chi connectivity index (χ0n) is 32.3. The minimum Gasteiger partial charge on any atom is -0.756 e. The van der Waals surface area contributed by atoms with Crippen LogP contribution in [0.25, 0.3) is 0 Å². The van der Waals surface area contributed by atoms with Crippen molar-refractivity contribution < 1.29 is 42.1 Å². The van der Waals surface area contributed by atoms with E-state index in [0.717, 1.165) is 57.8 Å². The summed E-state index contributed by atoms with van der Waals surface area (Å²) in [5.41, 5.74) is 0. The third kappa shape index (κ3) is 35.8. The highest BCUT2D eigenvalue weighted by Crippen LogP contribution is 2.38. The molecule has 0 aliphatic rings. The molecule has 0 aromatic carbocycles. The van der Waals surface area contributed by atoms with E-state index in [2.05, 4.69) is 32.1 Å². The lowest BCUT2D eigenvalue weighted by atomic mass is 10.1. The van der Waals surface area contributed by atoms with Gasteiger partial charge < -0.3 is 27.9 Å². The van der Waals surface area contributed by atoms with Gasteiger partial charge in [-0.25, -0.2) is 0 Å². The van der Waals surface area contributed by atoms with Gasteiger partial charge in [0.25, 0.3) is 7.82 Å². The lowest BCUT2D eigenvalue weighted by Crippen LogP contribution is -2.37. The second kappa shape index (κ2) is 32.8. The third-order valence-corrected chi connectivity index (χ3v) is 8.92. The van der Waals surface area contributed by atoms with E-state index in [1.54, 1.807) is 0 Å². The number of quaternary nitrogens is 1. The Morgan fingerprint density at radius 2 is 1.14 bits per heavy atom. The van der Waals surface area contributed by atoms with E-state index >= 15 is 0 Å². The first-order valence-corrected chi connectivity index (χ1v) is 20.9. The number of unbranched alkanes of at least 4 members (excludes halogenated alkanes) is 15. The molecule has 0 saturated carbocycles. The highest BCUT2D eigenvalue weighted by Gasteiger charge is 2.21. The van der Waals surface area contributed by atoms with Gasteiger partial charge in [-0.15, -0.1) is 0 Å². The van der Waals surface area contributed by atoms with Crippen molar-refractivity contribution in [3.8, 4) is 0 Å². The van der Waals surface area contributed by atoms with Crippen molar-refractivity contribution in [1.82, 2.24) is 0 Å². The molecule has 0 radical (unpaired) electrons. The van der Waals surface area contributed by atoms with Crippen molar-refractivity contribution in [2.75, 3.05) is 47.5 Å². The van der Waals surface area contributed by atoms with E-state index in [1.807, 2.05) is 51.5 Å². The Morgan fingerprint density at radius 3 is 1.70 bits per heavy atom. The van der Waals surface area contributed by atoms with Gasteiger partial charge in [-0.05, 0) is 32.1 Å². The molecule has 0 N–H and O–H groups in total. The molecule has 0 aromatic heterocycles. The molecule has 0 bridgehead atoms. The van der Waals surface area contributed by atoms with Gasteiger partial charge in [0.05, 0.1) is 27.7 Å². The highest BCUT2D eigenvalue weighted by molar-refractivity contribution is 7.45. The van der Waals surface area contributed by atoms with E-state index in [1.165, 1.54) is 44.9 Å². The molecule has 290 valence electrons. The molecule has 50 heavy (non-hydrogen) atoms. The molecule has 0 rings (SSSR count). The first kappa shape index (κ1) is 48.0. The number of hydrogen-bond donors (Lipinski definition) is 0. The quantitative estimate of drug-likeness (QED) is 0.0212. The second-order valence-electron chi connectivity index (χ2n) is 14.0. The van der Waals surface area contributed by atoms with Crippen LogP contribution in [0.15, 0.2) is 48.6 Å². The number of phosphoric ester groups is 1. The first-order valence-electron chi connectivity index (χ1n) is 19.4. The van der Waals surface area contributed by atoms with E-state index in [-0.39, 0.29) is 26.1 Å². The molecule has 1 unspecified atom stereocenters. The van der Waals surface area contributed by atoms with E-state index in [4.69, 9.17) is 18.5 Å². The summed E-state index contributed by atoms with van der Waals surface area (Å²) in [6.07, 6.45) is 35.6. The molecule has 0 aliphatic carbocycles. The fourth-order valence-corrected chi connectivity index (χ4v) is 5.63. The zero-order chi connectivity index (χ0) is 37.2. The van der Waals surface area contributed by atoms with Gasteiger partial charge in [-0.3, -0.25) is 14.2 Å². The van der Waals surface area contributed by atoms with E-state index in [0.29, 0.717) is 23.9 Å². The number of ether oxygens (including phenoxy) is 2. The van der Waals surface area contributed by atoms with Crippen molar-refractivity contribution in [3.05, 3.63) is 48.6 Å². The Kier molecular flexibility index (Phi) is 31.5. The Labute approximate surface area is 305 Å². The molecule has 10 heteroatoms. The van der Waals surface area contributed by atoms with Crippen LogP contribution in [0.5, 0.6) is 0 Å². The van der Waals surface area contributed by atoms with Crippen LogP contribution in [-0.4, -0.2) is 70.0 Å². The van der Waals surface area contributed by atoms with Crippen LogP contribution < -0.4 is 4.89 Å². The largest absolute Gasteiger partial charge is 0.756 e. The zero-order valence-corrected chi connectivity index (χ0v) is 33.2. The van der Waals surface area contributed by atoms with Crippen LogP contribution in [0.1, 0.15) is 142 Å². The summed E-state index contributed by atoms with van der Waals surface area (Å²) in [6.45, 7) is 4.03. The fourth-order valence-electron chi connectivity index (χ4n) is 4.90. The molecule has 2 atom stereocenters. The molecule has 0 saturated heterocycles. The van der Waals surface area contributed by atoms with Crippen LogP contribution in [0.3, 0.4) is 0 Å². The third-order valence-electron chi connectivity index (χ3n) is 7.96. The summed E-state index contributed by atoms with van der Waals surface area (Å²) < 4.78 is 33.7. The lowest BCUT2D eigenvalue weighted by Gasteiger charge is -2.28. The average Bonchev–Trinajstić information content (AvgIpc) is 3.06. The van der Waals surface area contributed by atoms with Crippen molar-refractivity contribution in [2.24, 2.45) is 0 Å². The number of carbonyl (C=O) groups is 2. The van der Waals surface area contributed by atoms with Crippen molar-refractivity contribution in [3.63, 3.8) is 0 Å². The van der Waals surface area contributed by atoms with Crippen molar-refractivity contribution >= 4 is 19.8 Å². The van der Waals surface area contributed by atoms with Crippen LogP contribution in [0.2, 0.25) is 0 Å². The summed E-state index contributed by atoms with van der Waals surface area (Å²) in [6, 6.07) is 0. The van der Waals surface area contributed by atoms with Crippen LogP contribution >= 0.6 is 7.82 Å². The number of carbonyl (C=O) groups excluding carboxylic acids is 2. The normalized spacial score (nSPS) is 14.3. The van der Waals surface area contributed by atoms with Gasteiger partial charge in [0.1, 0.15) is 19.8 Å². The summed E-state index contributed by atoms with van der Waals surface area (Å²) in [5, 5.41) is 0. The number of hydrogen-bond acceptors (Lipinski definition) is 8. The standard InChI is InChI=1S/C40H72NO8P/c1-6-8-10-12-14-16-18-19-20-21-23-24-26-28-30-32-39(42)46-36-38(37-48-50(44,45)47-35-34-41(3,4)5)49-40(43)33-31-29-27-25-22-17-15-13-11-9-7-2/h8,10,12,14,16,18-20,38H,6-7,9,11,13,15,17,21-37H2,1-5H3/b10-8+,14-12+,18-16+,20-19+/t38-/m1/s1. The first-order chi connectivity index (χ1) is 24.0. The van der Waals surface area contributed by atoms with Gasteiger partial charge in [0.15, 0.2) is 6.10 Å². The lowest BCUT2D eigenvalue weighted by molar-refractivity contribution is -0.870. The predicted molar refractivity (Wildman–Crippen MR) is 203 cm³/mol.